The normalized spacial score (nSPS) is 16.4. The van der Waals surface area contributed by atoms with Crippen molar-refractivity contribution in [3.8, 4) is 11.5 Å². The van der Waals surface area contributed by atoms with Crippen molar-refractivity contribution >= 4 is 29.4 Å². The monoisotopic (exact) mass is 333 g/mol. The first-order valence-electron chi connectivity index (χ1n) is 7.27. The van der Waals surface area contributed by atoms with Crippen LogP contribution in [-0.4, -0.2) is 52.9 Å². The topological polar surface area (TPSA) is 105 Å². The molecule has 1 N–H and O–H groups in total. The van der Waals surface area contributed by atoms with Crippen molar-refractivity contribution in [3.63, 3.8) is 0 Å². The number of hydrogen-bond acceptors (Lipinski definition) is 6. The molecule has 0 unspecified atom stereocenters. The second-order valence-electron chi connectivity index (χ2n) is 5.56. The van der Waals surface area contributed by atoms with E-state index in [0.717, 1.165) is 4.90 Å². The highest BCUT2D eigenvalue weighted by Gasteiger charge is 2.46. The van der Waals surface area contributed by atoms with Crippen LogP contribution in [0.25, 0.3) is 0 Å². The molecule has 2 aliphatic heterocycles. The van der Waals surface area contributed by atoms with E-state index in [-0.39, 0.29) is 6.79 Å². The van der Waals surface area contributed by atoms with Gasteiger partial charge in [-0.15, -0.1) is 0 Å². The van der Waals surface area contributed by atoms with Gasteiger partial charge in [0.2, 0.25) is 12.7 Å². The Balaban J connectivity index is 1.68. The number of benzene rings is 1. The molecule has 0 bridgehead atoms. The first-order chi connectivity index (χ1) is 11.4. The molecule has 2 heterocycles. The summed E-state index contributed by atoms with van der Waals surface area (Å²) in [4.78, 5) is 49.3. The zero-order valence-corrected chi connectivity index (χ0v) is 13.1. The first-order valence-corrected chi connectivity index (χ1v) is 7.27. The Morgan fingerprint density at radius 1 is 1.17 bits per heavy atom. The molecule has 126 valence electrons. The van der Waals surface area contributed by atoms with E-state index in [1.165, 1.54) is 0 Å². The van der Waals surface area contributed by atoms with Crippen LogP contribution >= 0.6 is 0 Å². The lowest BCUT2D eigenvalue weighted by molar-refractivity contribution is -0.144. The Labute approximate surface area is 137 Å². The van der Waals surface area contributed by atoms with Crippen LogP contribution in [0.1, 0.15) is 13.8 Å². The van der Waals surface area contributed by atoms with Gasteiger partial charge in [-0.25, -0.2) is 9.69 Å². The number of amides is 5. The molecule has 9 nitrogen and oxygen atoms in total. The second kappa shape index (κ2) is 5.84. The third-order valence-electron chi connectivity index (χ3n) is 3.56. The lowest BCUT2D eigenvalue weighted by atomic mass is 10.2. The van der Waals surface area contributed by atoms with Crippen LogP contribution in [0.4, 0.5) is 10.5 Å². The molecule has 1 fully saturated rings. The largest absolute Gasteiger partial charge is 0.454 e. The van der Waals surface area contributed by atoms with Gasteiger partial charge in [0.15, 0.2) is 11.5 Å². The molecule has 5 amide bonds. The van der Waals surface area contributed by atoms with Crippen LogP contribution in [0.5, 0.6) is 11.5 Å². The summed E-state index contributed by atoms with van der Waals surface area (Å²) < 4.78 is 10.4. The zero-order chi connectivity index (χ0) is 17.4. The Morgan fingerprint density at radius 2 is 1.88 bits per heavy atom. The number of nitrogens with one attached hydrogen (secondary N) is 1. The van der Waals surface area contributed by atoms with Crippen molar-refractivity contribution in [2.24, 2.45) is 0 Å². The molecule has 2 aliphatic rings. The van der Waals surface area contributed by atoms with Crippen LogP contribution in [-0.2, 0) is 14.4 Å². The van der Waals surface area contributed by atoms with Gasteiger partial charge in [-0.3, -0.25) is 19.3 Å². The Kier molecular flexibility index (Phi) is 3.84. The molecule has 0 atom stereocenters. The van der Waals surface area contributed by atoms with Crippen molar-refractivity contribution in [2.45, 2.75) is 19.9 Å². The van der Waals surface area contributed by atoms with Gasteiger partial charge in [0.25, 0.3) is 0 Å². The van der Waals surface area contributed by atoms with Gasteiger partial charge < -0.3 is 14.8 Å². The third kappa shape index (κ3) is 2.64. The minimum absolute atomic E-state index is 0.108. The summed E-state index contributed by atoms with van der Waals surface area (Å²) in [6.07, 6.45) is 0. The number of nitrogens with zero attached hydrogens (tertiary/aromatic N) is 2. The lowest BCUT2D eigenvalue weighted by Crippen LogP contribution is -2.40. The number of carbonyl (C=O) groups excluding carboxylic acids is 4. The fraction of sp³-hybridized carbons (Fsp3) is 0.333. The van der Waals surface area contributed by atoms with Gasteiger partial charge in [-0.05, 0) is 26.0 Å². The molecule has 3 rings (SSSR count). The van der Waals surface area contributed by atoms with Crippen LogP contribution < -0.4 is 14.8 Å². The van der Waals surface area contributed by atoms with E-state index in [0.29, 0.717) is 22.1 Å². The van der Waals surface area contributed by atoms with Gasteiger partial charge in [-0.1, -0.05) is 0 Å². The predicted octanol–water partition coefficient (Wildman–Crippen LogP) is 0.553. The second-order valence-corrected chi connectivity index (χ2v) is 5.56. The van der Waals surface area contributed by atoms with E-state index in [2.05, 4.69) is 5.32 Å². The fourth-order valence-corrected chi connectivity index (χ4v) is 2.44. The van der Waals surface area contributed by atoms with Crippen molar-refractivity contribution in [2.75, 3.05) is 18.7 Å². The van der Waals surface area contributed by atoms with Crippen molar-refractivity contribution in [1.82, 2.24) is 9.80 Å². The van der Waals surface area contributed by atoms with Gasteiger partial charge in [-0.2, -0.15) is 0 Å². The van der Waals surface area contributed by atoms with E-state index in [1.54, 1.807) is 32.0 Å². The predicted molar refractivity (Wildman–Crippen MR) is 80.3 cm³/mol. The van der Waals surface area contributed by atoms with Crippen molar-refractivity contribution in [1.29, 1.82) is 0 Å². The Bertz CT molecular complexity index is 745. The quantitative estimate of drug-likeness (QED) is 0.637. The average molecular weight is 333 g/mol. The summed E-state index contributed by atoms with van der Waals surface area (Å²) in [5.41, 5.74) is 0.426. The van der Waals surface area contributed by atoms with Gasteiger partial charge >= 0.3 is 17.8 Å². The fourth-order valence-electron chi connectivity index (χ4n) is 2.44. The van der Waals surface area contributed by atoms with Gasteiger partial charge in [0, 0.05) is 17.8 Å². The maximum Gasteiger partial charge on any atom is 0.334 e. The summed E-state index contributed by atoms with van der Waals surface area (Å²) in [5, 5.41) is 2.55. The van der Waals surface area contributed by atoms with E-state index in [9.17, 15) is 19.2 Å². The molecule has 1 saturated heterocycles. The zero-order valence-electron chi connectivity index (χ0n) is 13.1. The van der Waals surface area contributed by atoms with E-state index >= 15 is 0 Å². The smallest absolute Gasteiger partial charge is 0.334 e. The third-order valence-corrected chi connectivity index (χ3v) is 3.56. The number of hydrogen-bond donors (Lipinski definition) is 1. The standard InChI is InChI=1S/C15H15N3O6/c1-8(2)18-14(21)13(20)17(15(18)22)6-12(19)16-9-3-4-10-11(5-9)24-7-23-10/h3-5,8H,6-7H2,1-2H3,(H,16,19). The number of carbonyl (C=O) groups is 4. The highest BCUT2D eigenvalue weighted by atomic mass is 16.7. The van der Waals surface area contributed by atoms with Crippen LogP contribution in [0.15, 0.2) is 18.2 Å². The molecule has 1 aromatic rings. The van der Waals surface area contributed by atoms with Crippen molar-refractivity contribution < 1.29 is 28.7 Å². The van der Waals surface area contributed by atoms with Crippen LogP contribution in [0.2, 0.25) is 0 Å². The summed E-state index contributed by atoms with van der Waals surface area (Å²) >= 11 is 0. The van der Waals surface area contributed by atoms with E-state index < -0.39 is 36.3 Å². The number of anilines is 1. The molecule has 0 aromatic heterocycles. The lowest BCUT2D eigenvalue weighted by Gasteiger charge is -2.18. The maximum atomic E-state index is 12.1. The summed E-state index contributed by atoms with van der Waals surface area (Å²) in [5.74, 6) is -1.48. The molecule has 1 aromatic carbocycles. The highest BCUT2D eigenvalue weighted by molar-refractivity contribution is 6.45. The van der Waals surface area contributed by atoms with E-state index in [1.807, 2.05) is 0 Å². The number of rotatable bonds is 4. The number of imide groups is 2. The van der Waals surface area contributed by atoms with E-state index in [4.69, 9.17) is 9.47 Å². The summed E-state index contributed by atoms with van der Waals surface area (Å²) in [6, 6.07) is 3.55. The molecule has 9 heteroatoms. The summed E-state index contributed by atoms with van der Waals surface area (Å²) in [6.45, 7) is 2.79. The minimum Gasteiger partial charge on any atom is -0.454 e. The first kappa shape index (κ1) is 15.8. The molecule has 0 radical (unpaired) electrons. The number of urea groups is 1. The number of ether oxygens (including phenoxy) is 2. The van der Waals surface area contributed by atoms with Crippen LogP contribution in [0.3, 0.4) is 0 Å². The molecule has 24 heavy (non-hydrogen) atoms. The van der Waals surface area contributed by atoms with Crippen LogP contribution in [0, 0.1) is 0 Å². The molecule has 0 saturated carbocycles. The van der Waals surface area contributed by atoms with Crippen molar-refractivity contribution in [3.05, 3.63) is 18.2 Å². The molecular formula is C15H15N3O6. The average Bonchev–Trinajstić information content (AvgIpc) is 3.06. The summed E-state index contributed by atoms with van der Waals surface area (Å²) in [7, 11) is 0. The molecular weight excluding hydrogens is 318 g/mol. The molecule has 0 spiro atoms. The molecule has 0 aliphatic carbocycles. The Hall–Kier alpha value is -3.10. The van der Waals surface area contributed by atoms with Gasteiger partial charge in [0.05, 0.1) is 0 Å². The SMILES string of the molecule is CC(C)N1C(=O)C(=O)N(CC(=O)Nc2ccc3c(c2)OCO3)C1=O. The maximum absolute atomic E-state index is 12.1. The highest BCUT2D eigenvalue weighted by Crippen LogP contribution is 2.34. The number of fused-ring (bicyclic) bond motifs is 1. The Morgan fingerprint density at radius 3 is 2.54 bits per heavy atom. The minimum atomic E-state index is -1.01. The van der Waals surface area contributed by atoms with Gasteiger partial charge in [0.1, 0.15) is 6.54 Å².